The van der Waals surface area contributed by atoms with E-state index in [4.69, 9.17) is 8.83 Å². The van der Waals surface area contributed by atoms with E-state index in [2.05, 4.69) is 30.3 Å². The highest BCUT2D eigenvalue weighted by atomic mass is 19.1. The predicted octanol–water partition coefficient (Wildman–Crippen LogP) is 13.5. The first-order valence-corrected chi connectivity index (χ1v) is 18.3. The molecule has 4 aromatic heterocycles. The molecule has 12 rings (SSSR count). The summed E-state index contributed by atoms with van der Waals surface area (Å²) in [6.07, 6.45) is 0. The Bertz CT molecular complexity index is 3480. The van der Waals surface area contributed by atoms with Gasteiger partial charge in [-0.05, 0) is 60.7 Å². The van der Waals surface area contributed by atoms with Crippen LogP contribution in [0.4, 0.5) is 8.78 Å². The fourth-order valence-corrected chi connectivity index (χ4v) is 8.98. The molecular weight excluding hydrogens is 701 g/mol. The molecule has 7 heteroatoms. The van der Waals surface area contributed by atoms with E-state index in [0.29, 0.717) is 28.1 Å². The van der Waals surface area contributed by atoms with Crippen LogP contribution >= 0.6 is 0 Å². The zero-order chi connectivity index (χ0) is 37.2. The summed E-state index contributed by atoms with van der Waals surface area (Å²) < 4.78 is 50.6. The van der Waals surface area contributed by atoms with Gasteiger partial charge >= 0.3 is 0 Å². The molecule has 0 aliphatic carbocycles. The van der Waals surface area contributed by atoms with Crippen LogP contribution in [0.3, 0.4) is 0 Å². The van der Waals surface area contributed by atoms with Crippen molar-refractivity contribution in [3.8, 4) is 28.6 Å². The lowest BCUT2D eigenvalue weighted by atomic mass is 9.97. The van der Waals surface area contributed by atoms with E-state index in [1.807, 2.05) is 106 Å². The van der Waals surface area contributed by atoms with E-state index in [1.54, 1.807) is 12.1 Å². The first-order valence-electron chi connectivity index (χ1n) is 18.3. The molecule has 0 radical (unpaired) electrons. The molecule has 0 spiro atoms. The lowest BCUT2D eigenvalue weighted by Crippen LogP contribution is -2.07. The molecule has 5 nitrogen and oxygen atoms in total. The number of nitrogens with zero attached hydrogens (tertiary/aromatic N) is 3. The van der Waals surface area contributed by atoms with E-state index >= 15 is 8.78 Å². The summed E-state index contributed by atoms with van der Waals surface area (Å²) in [5.41, 5.74) is 6.93. The fraction of sp³-hybridized carbons (Fsp3) is 0. The number of aromatic nitrogens is 2. The van der Waals surface area contributed by atoms with Crippen molar-refractivity contribution in [1.82, 2.24) is 9.13 Å². The minimum absolute atomic E-state index is 0.215. The first kappa shape index (κ1) is 30.7. The first-order chi connectivity index (χ1) is 27.6. The average Bonchev–Trinajstić information content (AvgIpc) is 3.98. The summed E-state index contributed by atoms with van der Waals surface area (Å²) in [6, 6.07) is 49.6. The Kier molecular flexibility index (Phi) is 6.13. The maximum absolute atomic E-state index is 16.6. The highest BCUT2D eigenvalue weighted by Crippen LogP contribution is 2.47. The third kappa shape index (κ3) is 3.99. The van der Waals surface area contributed by atoms with Crippen LogP contribution in [0.2, 0.25) is 0 Å². The van der Waals surface area contributed by atoms with E-state index in [-0.39, 0.29) is 11.1 Å². The largest absolute Gasteiger partial charge is 0.454 e. The van der Waals surface area contributed by atoms with Crippen LogP contribution in [-0.2, 0) is 0 Å². The Morgan fingerprint density at radius 2 is 0.857 bits per heavy atom. The van der Waals surface area contributed by atoms with Crippen molar-refractivity contribution in [3.05, 3.63) is 169 Å². The second-order valence-electron chi connectivity index (χ2n) is 14.2. The van der Waals surface area contributed by atoms with Gasteiger partial charge in [-0.15, -0.1) is 0 Å². The number of nitriles is 1. The molecule has 0 bridgehead atoms. The molecule has 8 aromatic carbocycles. The minimum Gasteiger partial charge on any atom is -0.454 e. The zero-order valence-electron chi connectivity index (χ0n) is 29.3. The highest BCUT2D eigenvalue weighted by molar-refractivity contribution is 6.23. The van der Waals surface area contributed by atoms with Gasteiger partial charge in [0.2, 0.25) is 0 Å². The standard InChI is InChI=1S/C49H25F2N3O2/c50-36-14-9-15-37(51)44(36)45-40(53-38-16-5-1-10-28(38)32-20-22-34-30-12-3-7-18-42(30)55-48(34)46(32)53)24-27(26-52)25-41(45)54-39-17-6-2-11-29(39)33-21-23-35-31-13-4-8-19-43(31)56-49(35)47(33)54/h1-25H. The number of benzene rings is 8. The van der Waals surface area contributed by atoms with Gasteiger partial charge in [0.1, 0.15) is 22.8 Å². The van der Waals surface area contributed by atoms with Gasteiger partial charge in [-0.25, -0.2) is 8.78 Å². The van der Waals surface area contributed by atoms with Gasteiger partial charge in [0.15, 0.2) is 11.2 Å². The van der Waals surface area contributed by atoms with Crippen LogP contribution in [0.5, 0.6) is 0 Å². The number of fused-ring (bicyclic) bond motifs is 14. The summed E-state index contributed by atoms with van der Waals surface area (Å²) in [7, 11) is 0. The number of rotatable bonds is 3. The van der Waals surface area contributed by atoms with Crippen LogP contribution in [-0.4, -0.2) is 9.13 Å². The second kappa shape index (κ2) is 11.2. The third-order valence-corrected chi connectivity index (χ3v) is 11.3. The predicted molar refractivity (Wildman–Crippen MR) is 220 cm³/mol. The van der Waals surface area contributed by atoms with Crippen molar-refractivity contribution < 1.29 is 17.6 Å². The summed E-state index contributed by atoms with van der Waals surface area (Å²) in [4.78, 5) is 0. The number of hydrogen-bond acceptors (Lipinski definition) is 3. The Labute approximate surface area is 316 Å². The Balaban J connectivity index is 1.34. The number of furan rings is 2. The second-order valence-corrected chi connectivity index (χ2v) is 14.2. The lowest BCUT2D eigenvalue weighted by Gasteiger charge is -2.21. The van der Waals surface area contributed by atoms with Gasteiger partial charge < -0.3 is 18.0 Å². The smallest absolute Gasteiger partial charge is 0.160 e. The molecule has 262 valence electrons. The molecule has 0 N–H and O–H groups in total. The number of hydrogen-bond donors (Lipinski definition) is 0. The highest BCUT2D eigenvalue weighted by Gasteiger charge is 2.29. The van der Waals surface area contributed by atoms with E-state index in [0.717, 1.165) is 76.3 Å². The van der Waals surface area contributed by atoms with Crippen molar-refractivity contribution in [2.45, 2.75) is 0 Å². The molecule has 0 aliphatic rings. The molecule has 4 heterocycles. The lowest BCUT2D eigenvalue weighted by molar-refractivity contribution is 0.589. The quantitative estimate of drug-likeness (QED) is 0.182. The van der Waals surface area contributed by atoms with Crippen LogP contribution in [0.1, 0.15) is 5.56 Å². The Hall–Kier alpha value is -7.69. The molecule has 12 aromatic rings. The van der Waals surface area contributed by atoms with E-state index in [1.165, 1.54) is 18.2 Å². The molecule has 0 atom stereocenters. The van der Waals surface area contributed by atoms with E-state index in [9.17, 15) is 5.26 Å². The molecule has 0 amide bonds. The van der Waals surface area contributed by atoms with Gasteiger partial charge in [0.05, 0.1) is 50.6 Å². The minimum atomic E-state index is -0.735. The normalized spacial score (nSPS) is 12.1. The van der Waals surface area contributed by atoms with Crippen LogP contribution < -0.4 is 0 Å². The van der Waals surface area contributed by atoms with Crippen LogP contribution in [0.15, 0.2) is 160 Å². The molecule has 0 aliphatic heterocycles. The SMILES string of the molecule is N#Cc1cc(-n2c3ccccc3c3ccc4c5ccccc5oc4c32)c(-c2c(F)cccc2F)c(-n2c3ccccc3c3ccc4c5ccccc5oc4c32)c1. The van der Waals surface area contributed by atoms with Gasteiger partial charge in [-0.3, -0.25) is 0 Å². The Morgan fingerprint density at radius 3 is 1.34 bits per heavy atom. The average molecular weight is 726 g/mol. The number of halogens is 2. The summed E-state index contributed by atoms with van der Waals surface area (Å²) in [6.45, 7) is 0. The van der Waals surface area contributed by atoms with Gasteiger partial charge in [0.25, 0.3) is 0 Å². The van der Waals surface area contributed by atoms with Crippen molar-refractivity contribution in [1.29, 1.82) is 5.26 Å². The van der Waals surface area contributed by atoms with Crippen molar-refractivity contribution in [2.75, 3.05) is 0 Å². The zero-order valence-corrected chi connectivity index (χ0v) is 29.3. The molecule has 0 saturated heterocycles. The molecule has 0 unspecified atom stereocenters. The maximum atomic E-state index is 16.6. The summed E-state index contributed by atoms with van der Waals surface area (Å²) in [5, 5.41) is 18.1. The molecule has 0 saturated carbocycles. The topological polar surface area (TPSA) is 59.9 Å². The van der Waals surface area contributed by atoms with Gasteiger partial charge in [-0.1, -0.05) is 91.0 Å². The number of para-hydroxylation sites is 4. The maximum Gasteiger partial charge on any atom is 0.160 e. The van der Waals surface area contributed by atoms with Crippen molar-refractivity contribution in [2.24, 2.45) is 0 Å². The van der Waals surface area contributed by atoms with Crippen LogP contribution in [0.25, 0.3) is 110 Å². The Morgan fingerprint density at radius 1 is 0.429 bits per heavy atom. The van der Waals surface area contributed by atoms with Crippen molar-refractivity contribution >= 4 is 87.5 Å². The van der Waals surface area contributed by atoms with E-state index < -0.39 is 11.6 Å². The molecule has 56 heavy (non-hydrogen) atoms. The van der Waals surface area contributed by atoms with Crippen LogP contribution in [0, 0.1) is 23.0 Å². The van der Waals surface area contributed by atoms with Crippen molar-refractivity contribution in [3.63, 3.8) is 0 Å². The monoisotopic (exact) mass is 725 g/mol. The van der Waals surface area contributed by atoms with Gasteiger partial charge in [0, 0.05) is 48.7 Å². The molecular formula is C49H25F2N3O2. The third-order valence-electron chi connectivity index (χ3n) is 11.3. The summed E-state index contributed by atoms with van der Waals surface area (Å²) in [5.74, 6) is -1.47. The molecule has 0 fully saturated rings. The summed E-state index contributed by atoms with van der Waals surface area (Å²) >= 11 is 0. The fourth-order valence-electron chi connectivity index (χ4n) is 8.98. The van der Waals surface area contributed by atoms with Gasteiger partial charge in [-0.2, -0.15) is 5.26 Å².